The molecule has 0 fully saturated rings. The maximum atomic E-state index is 11.0. The predicted molar refractivity (Wildman–Crippen MR) is 78.4 cm³/mol. The molecule has 2 aromatic rings. The summed E-state index contributed by atoms with van der Waals surface area (Å²) in [6.07, 6.45) is 1.22. The van der Waals surface area contributed by atoms with Gasteiger partial charge in [0.1, 0.15) is 6.33 Å². The van der Waals surface area contributed by atoms with Gasteiger partial charge in [0, 0.05) is 4.90 Å². The van der Waals surface area contributed by atoms with Crippen molar-refractivity contribution in [3.8, 4) is 0 Å². The Bertz CT molecular complexity index is 632. The van der Waals surface area contributed by atoms with E-state index in [0.29, 0.717) is 5.92 Å². The molecular weight excluding hydrogens is 298 g/mol. The molecule has 104 valence electrons. The fraction of sp³-hybridized carbons (Fsp3) is 0.231. The molecule has 0 saturated carbocycles. The van der Waals surface area contributed by atoms with Crippen LogP contribution in [0.5, 0.6) is 0 Å². The molecule has 0 amide bonds. The smallest absolute Gasteiger partial charge is 0.258 e. The van der Waals surface area contributed by atoms with E-state index < -0.39 is 4.92 Å². The van der Waals surface area contributed by atoms with Gasteiger partial charge in [-0.15, -0.1) is 0 Å². The van der Waals surface area contributed by atoms with Crippen LogP contribution in [0.15, 0.2) is 40.5 Å². The third kappa shape index (κ3) is 3.26. The van der Waals surface area contributed by atoms with Crippen LogP contribution < -0.4 is 0 Å². The fourth-order valence-corrected chi connectivity index (χ4v) is 2.72. The van der Waals surface area contributed by atoms with Gasteiger partial charge < -0.3 is 0 Å². The maximum absolute atomic E-state index is 11.0. The van der Waals surface area contributed by atoms with Crippen LogP contribution in [0.3, 0.4) is 0 Å². The Balaban J connectivity index is 2.30. The van der Waals surface area contributed by atoms with Crippen LogP contribution in [0, 0.1) is 10.1 Å². The van der Waals surface area contributed by atoms with Gasteiger partial charge in [-0.2, -0.15) is 0 Å². The van der Waals surface area contributed by atoms with Gasteiger partial charge in [0.25, 0.3) is 0 Å². The predicted octanol–water partition coefficient (Wildman–Crippen LogP) is 4.31. The highest BCUT2D eigenvalue weighted by Crippen LogP contribution is 2.36. The van der Waals surface area contributed by atoms with E-state index in [0.717, 1.165) is 4.90 Å². The largest absolute Gasteiger partial charge is 0.338 e. The van der Waals surface area contributed by atoms with Crippen LogP contribution in [0.25, 0.3) is 0 Å². The Labute approximate surface area is 125 Å². The second-order valence-electron chi connectivity index (χ2n) is 4.40. The monoisotopic (exact) mass is 309 g/mol. The van der Waals surface area contributed by atoms with Gasteiger partial charge in [-0.1, -0.05) is 49.3 Å². The first-order valence-corrected chi connectivity index (χ1v) is 7.11. The van der Waals surface area contributed by atoms with E-state index in [1.165, 1.54) is 23.7 Å². The minimum Gasteiger partial charge on any atom is -0.258 e. The molecule has 2 rings (SSSR count). The third-order valence-corrected chi connectivity index (χ3v) is 3.96. The minimum atomic E-state index is -0.562. The summed E-state index contributed by atoms with van der Waals surface area (Å²) < 4.78 is 0. The summed E-state index contributed by atoms with van der Waals surface area (Å²) in [4.78, 5) is 18.9. The van der Waals surface area contributed by atoms with Gasteiger partial charge >= 0.3 is 5.69 Å². The Hall–Kier alpha value is -1.66. The SMILES string of the molecule is CC(C)c1ccc(Sc2ncnc(Cl)c2[N+](=O)[O-])cc1. The van der Waals surface area contributed by atoms with Crippen LogP contribution in [0.2, 0.25) is 5.15 Å². The van der Waals surface area contributed by atoms with Crippen molar-refractivity contribution in [3.63, 3.8) is 0 Å². The first kappa shape index (κ1) is 14.7. The highest BCUT2D eigenvalue weighted by molar-refractivity contribution is 7.99. The van der Waals surface area contributed by atoms with Crippen LogP contribution in [-0.4, -0.2) is 14.9 Å². The van der Waals surface area contributed by atoms with E-state index in [-0.39, 0.29) is 15.9 Å². The molecule has 0 radical (unpaired) electrons. The van der Waals surface area contributed by atoms with Crippen molar-refractivity contribution < 1.29 is 4.92 Å². The standard InChI is InChI=1S/C13H12ClN3O2S/c1-8(2)9-3-5-10(6-4-9)20-13-11(17(18)19)12(14)15-7-16-13/h3-8H,1-2H3. The van der Waals surface area contributed by atoms with Crippen LogP contribution in [-0.2, 0) is 0 Å². The van der Waals surface area contributed by atoms with E-state index in [9.17, 15) is 10.1 Å². The third-order valence-electron chi connectivity index (χ3n) is 2.69. The topological polar surface area (TPSA) is 68.9 Å². The molecule has 0 bridgehead atoms. The van der Waals surface area contributed by atoms with Crippen molar-refractivity contribution in [2.45, 2.75) is 29.7 Å². The molecule has 0 aliphatic rings. The average Bonchev–Trinajstić information content (AvgIpc) is 2.39. The number of aromatic nitrogens is 2. The molecule has 0 N–H and O–H groups in total. The van der Waals surface area contributed by atoms with Gasteiger partial charge in [0.2, 0.25) is 5.15 Å². The van der Waals surface area contributed by atoms with E-state index >= 15 is 0 Å². The number of halogens is 1. The van der Waals surface area contributed by atoms with Gasteiger partial charge in [-0.05, 0) is 23.6 Å². The number of hydrogen-bond donors (Lipinski definition) is 0. The zero-order chi connectivity index (χ0) is 14.7. The molecule has 1 aromatic heterocycles. The van der Waals surface area contributed by atoms with Gasteiger partial charge in [-0.25, -0.2) is 9.97 Å². The second-order valence-corrected chi connectivity index (χ2v) is 5.82. The van der Waals surface area contributed by atoms with Crippen molar-refractivity contribution in [2.75, 3.05) is 0 Å². The molecule has 7 heteroatoms. The summed E-state index contributed by atoms with van der Waals surface area (Å²) in [6, 6.07) is 7.84. The molecule has 0 aliphatic heterocycles. The Morgan fingerprint density at radius 2 is 1.90 bits per heavy atom. The lowest BCUT2D eigenvalue weighted by Crippen LogP contribution is -1.96. The Morgan fingerprint density at radius 3 is 2.45 bits per heavy atom. The molecule has 1 heterocycles. The summed E-state index contributed by atoms with van der Waals surface area (Å²) in [6.45, 7) is 4.22. The quantitative estimate of drug-likeness (QED) is 0.478. The molecule has 0 saturated heterocycles. The van der Waals surface area contributed by atoms with Gasteiger partial charge in [-0.3, -0.25) is 10.1 Å². The number of nitrogens with zero attached hydrogens (tertiary/aromatic N) is 3. The summed E-state index contributed by atoms with van der Waals surface area (Å²) in [5, 5.41) is 11.1. The number of rotatable bonds is 4. The molecular formula is C13H12ClN3O2S. The zero-order valence-corrected chi connectivity index (χ0v) is 12.5. The summed E-state index contributed by atoms with van der Waals surface area (Å²) in [5.74, 6) is 0.442. The summed E-state index contributed by atoms with van der Waals surface area (Å²) in [5.41, 5.74) is 0.955. The molecule has 5 nitrogen and oxygen atoms in total. The summed E-state index contributed by atoms with van der Waals surface area (Å²) >= 11 is 6.95. The first-order valence-electron chi connectivity index (χ1n) is 5.91. The van der Waals surface area contributed by atoms with Gasteiger partial charge in [0.05, 0.1) is 4.92 Å². The number of hydrogen-bond acceptors (Lipinski definition) is 5. The zero-order valence-electron chi connectivity index (χ0n) is 10.9. The molecule has 0 aliphatic carbocycles. The lowest BCUT2D eigenvalue weighted by atomic mass is 10.0. The molecule has 1 aromatic carbocycles. The van der Waals surface area contributed by atoms with Crippen LogP contribution in [0.1, 0.15) is 25.3 Å². The second kappa shape index (κ2) is 6.19. The molecule has 20 heavy (non-hydrogen) atoms. The first-order chi connectivity index (χ1) is 9.49. The van der Waals surface area contributed by atoms with Gasteiger partial charge in [0.15, 0.2) is 5.03 Å². The molecule has 0 atom stereocenters. The number of nitro groups is 1. The lowest BCUT2D eigenvalue weighted by molar-refractivity contribution is -0.388. The summed E-state index contributed by atoms with van der Waals surface area (Å²) in [7, 11) is 0. The van der Waals surface area contributed by atoms with Crippen molar-refractivity contribution >= 4 is 29.1 Å². The highest BCUT2D eigenvalue weighted by Gasteiger charge is 2.22. The van der Waals surface area contributed by atoms with E-state index in [4.69, 9.17) is 11.6 Å². The lowest BCUT2D eigenvalue weighted by Gasteiger charge is -2.06. The van der Waals surface area contributed by atoms with Crippen LogP contribution in [0.4, 0.5) is 5.69 Å². The van der Waals surface area contributed by atoms with Crippen LogP contribution >= 0.6 is 23.4 Å². The van der Waals surface area contributed by atoms with E-state index in [1.807, 2.05) is 24.3 Å². The molecule has 0 spiro atoms. The fourth-order valence-electron chi connectivity index (χ4n) is 1.60. The van der Waals surface area contributed by atoms with E-state index in [1.54, 1.807) is 0 Å². The van der Waals surface area contributed by atoms with Crippen molar-refractivity contribution in [3.05, 3.63) is 51.4 Å². The molecule has 0 unspecified atom stereocenters. The van der Waals surface area contributed by atoms with E-state index in [2.05, 4.69) is 23.8 Å². The number of benzene rings is 1. The average molecular weight is 310 g/mol. The Morgan fingerprint density at radius 1 is 1.25 bits per heavy atom. The maximum Gasteiger partial charge on any atom is 0.338 e. The highest BCUT2D eigenvalue weighted by atomic mass is 35.5. The minimum absolute atomic E-state index is 0.147. The van der Waals surface area contributed by atoms with Crippen molar-refractivity contribution in [1.82, 2.24) is 9.97 Å². The Kier molecular flexibility index (Phi) is 4.57. The van der Waals surface area contributed by atoms with Crippen molar-refractivity contribution in [1.29, 1.82) is 0 Å². The normalized spacial score (nSPS) is 10.8. The van der Waals surface area contributed by atoms with Crippen molar-refractivity contribution in [2.24, 2.45) is 0 Å².